The van der Waals surface area contributed by atoms with Crippen LogP contribution in [-0.4, -0.2) is 44.4 Å². The van der Waals surface area contributed by atoms with Crippen molar-refractivity contribution in [2.45, 2.75) is 19.9 Å². The topological polar surface area (TPSA) is 85.8 Å². The van der Waals surface area contributed by atoms with Crippen LogP contribution >= 0.6 is 11.6 Å². The molecule has 8 nitrogen and oxygen atoms in total. The lowest BCUT2D eigenvalue weighted by molar-refractivity contribution is 0.180. The monoisotopic (exact) mass is 444 g/mol. The summed E-state index contributed by atoms with van der Waals surface area (Å²) >= 11 is 6.24. The molecule has 1 N–H and O–H groups in total. The van der Waals surface area contributed by atoms with Crippen LogP contribution in [0.25, 0.3) is 10.9 Å². The first-order valence-corrected chi connectivity index (χ1v) is 10.0. The molecule has 0 aliphatic carbocycles. The van der Waals surface area contributed by atoms with Gasteiger partial charge >= 0.3 is 6.09 Å². The van der Waals surface area contributed by atoms with Crippen molar-refractivity contribution in [1.29, 1.82) is 0 Å². The van der Waals surface area contributed by atoms with Crippen molar-refractivity contribution < 1.29 is 19.0 Å². The Morgan fingerprint density at radius 3 is 2.55 bits per heavy atom. The molecule has 3 rings (SSSR count). The largest absolute Gasteiger partial charge is 0.495 e. The Bertz CT molecular complexity index is 1110. The van der Waals surface area contributed by atoms with Crippen LogP contribution in [0.4, 0.5) is 16.3 Å². The molecule has 0 fully saturated rings. The smallest absolute Gasteiger partial charge is 0.413 e. The molecule has 1 aromatic heterocycles. The van der Waals surface area contributed by atoms with E-state index in [1.807, 2.05) is 31.2 Å². The van der Waals surface area contributed by atoms with E-state index in [4.69, 9.17) is 25.8 Å². The first-order chi connectivity index (χ1) is 14.9. The molecule has 0 atom stereocenters. The van der Waals surface area contributed by atoms with Gasteiger partial charge in [0.05, 0.1) is 37.6 Å². The first-order valence-electron chi connectivity index (χ1n) is 9.67. The van der Waals surface area contributed by atoms with E-state index < -0.39 is 6.09 Å². The third-order valence-corrected chi connectivity index (χ3v) is 5.30. The van der Waals surface area contributed by atoms with Gasteiger partial charge in [-0.25, -0.2) is 14.8 Å². The van der Waals surface area contributed by atoms with Crippen molar-refractivity contribution in [3.05, 3.63) is 46.7 Å². The Morgan fingerprint density at radius 1 is 1.16 bits per heavy atom. The second kappa shape index (κ2) is 9.70. The molecule has 9 heteroatoms. The summed E-state index contributed by atoms with van der Waals surface area (Å²) in [4.78, 5) is 22.5. The van der Waals surface area contributed by atoms with Crippen molar-refractivity contribution in [2.24, 2.45) is 0 Å². The number of ether oxygens (including phenoxy) is 3. The molecule has 0 aliphatic rings. The number of aryl methyl sites for hydroxylation is 1. The number of hydrogen-bond acceptors (Lipinski definition) is 7. The summed E-state index contributed by atoms with van der Waals surface area (Å²) in [6.45, 7) is 2.50. The van der Waals surface area contributed by atoms with Crippen LogP contribution in [0.3, 0.4) is 0 Å². The van der Waals surface area contributed by atoms with Crippen LogP contribution in [0.2, 0.25) is 5.02 Å². The molecule has 164 valence electrons. The Labute approximate surface area is 186 Å². The van der Waals surface area contributed by atoms with Gasteiger partial charge in [0.25, 0.3) is 0 Å². The number of carbonyl (C=O) groups excluding carboxylic acids is 1. The fourth-order valence-corrected chi connectivity index (χ4v) is 3.70. The van der Waals surface area contributed by atoms with E-state index >= 15 is 0 Å². The van der Waals surface area contributed by atoms with Crippen LogP contribution in [0.5, 0.6) is 11.5 Å². The summed E-state index contributed by atoms with van der Waals surface area (Å²) in [5.74, 6) is 1.83. The molecule has 2 aromatic carbocycles. The molecule has 0 spiro atoms. The van der Waals surface area contributed by atoms with Gasteiger partial charge in [-0.1, -0.05) is 24.6 Å². The molecule has 0 saturated heterocycles. The lowest BCUT2D eigenvalue weighted by Gasteiger charge is -2.22. The van der Waals surface area contributed by atoms with E-state index in [9.17, 15) is 4.79 Å². The van der Waals surface area contributed by atoms with Crippen molar-refractivity contribution >= 4 is 40.1 Å². The van der Waals surface area contributed by atoms with Crippen molar-refractivity contribution in [1.82, 2.24) is 9.97 Å². The van der Waals surface area contributed by atoms with Crippen molar-refractivity contribution in [2.75, 3.05) is 38.6 Å². The molecule has 1 amide bonds. The molecular weight excluding hydrogens is 420 g/mol. The van der Waals surface area contributed by atoms with Crippen LogP contribution in [-0.2, 0) is 17.7 Å². The standard InChI is InChI=1S/C22H25ClN4O4/c1-6-14-19-15(10-17(20(14)30-4)27(2)22(28)31-5)21(26-12-25-19)24-11-13-7-8-18(29-3)16(23)9-13/h7-10,12H,6,11H2,1-5H3,(H,24,25,26). The molecule has 0 unspecified atom stereocenters. The van der Waals surface area contributed by atoms with Crippen LogP contribution in [0.1, 0.15) is 18.1 Å². The van der Waals surface area contributed by atoms with Gasteiger partial charge < -0.3 is 19.5 Å². The number of rotatable bonds is 7. The highest BCUT2D eigenvalue weighted by molar-refractivity contribution is 6.32. The predicted molar refractivity (Wildman–Crippen MR) is 122 cm³/mol. The summed E-state index contributed by atoms with van der Waals surface area (Å²) < 4.78 is 15.7. The summed E-state index contributed by atoms with van der Waals surface area (Å²) in [5.41, 5.74) is 3.17. The quantitative estimate of drug-likeness (QED) is 0.566. The van der Waals surface area contributed by atoms with Gasteiger partial charge in [-0.15, -0.1) is 0 Å². The highest BCUT2D eigenvalue weighted by atomic mass is 35.5. The first kappa shape index (κ1) is 22.4. The zero-order valence-electron chi connectivity index (χ0n) is 18.2. The summed E-state index contributed by atoms with van der Waals surface area (Å²) in [5, 5.41) is 4.65. The van der Waals surface area contributed by atoms with Gasteiger partial charge in [0.2, 0.25) is 0 Å². The fraction of sp³-hybridized carbons (Fsp3) is 0.318. The van der Waals surface area contributed by atoms with Crippen LogP contribution in [0, 0.1) is 0 Å². The number of carbonyl (C=O) groups is 1. The number of fused-ring (bicyclic) bond motifs is 1. The van der Waals surface area contributed by atoms with Gasteiger partial charge in [-0.2, -0.15) is 0 Å². The van der Waals surface area contributed by atoms with E-state index in [0.29, 0.717) is 41.0 Å². The molecule has 0 aliphatic heterocycles. The van der Waals surface area contributed by atoms with Crippen molar-refractivity contribution in [3.8, 4) is 11.5 Å². The Balaban J connectivity index is 2.06. The number of benzene rings is 2. The van der Waals surface area contributed by atoms with E-state index in [1.165, 1.54) is 18.3 Å². The minimum absolute atomic E-state index is 0.492. The summed E-state index contributed by atoms with van der Waals surface area (Å²) in [6.07, 6.45) is 1.67. The number of methoxy groups -OCH3 is 3. The number of anilines is 2. The molecular formula is C22H25ClN4O4. The Hall–Kier alpha value is -3.26. The molecule has 0 bridgehead atoms. The average Bonchev–Trinajstić information content (AvgIpc) is 2.80. The summed E-state index contributed by atoms with van der Waals surface area (Å²) in [6, 6.07) is 7.42. The highest BCUT2D eigenvalue weighted by Gasteiger charge is 2.22. The lowest BCUT2D eigenvalue weighted by Crippen LogP contribution is -2.26. The zero-order chi connectivity index (χ0) is 22.5. The zero-order valence-corrected chi connectivity index (χ0v) is 18.9. The molecule has 0 radical (unpaired) electrons. The third kappa shape index (κ3) is 4.44. The lowest BCUT2D eigenvalue weighted by atomic mass is 10.0. The minimum atomic E-state index is -0.501. The fourth-order valence-electron chi connectivity index (χ4n) is 3.42. The minimum Gasteiger partial charge on any atom is -0.495 e. The predicted octanol–water partition coefficient (Wildman–Crippen LogP) is 4.68. The number of hydrogen-bond donors (Lipinski definition) is 1. The second-order valence-electron chi connectivity index (χ2n) is 6.73. The van der Waals surface area contributed by atoms with Crippen LogP contribution in [0.15, 0.2) is 30.6 Å². The molecule has 1 heterocycles. The SMILES string of the molecule is CCc1c(OC)c(N(C)C(=O)OC)cc2c(NCc3ccc(OC)c(Cl)c3)ncnc12. The number of aromatic nitrogens is 2. The maximum absolute atomic E-state index is 12.2. The maximum atomic E-state index is 12.2. The summed E-state index contributed by atoms with van der Waals surface area (Å²) in [7, 11) is 6.12. The molecule has 31 heavy (non-hydrogen) atoms. The number of nitrogens with zero attached hydrogens (tertiary/aromatic N) is 3. The number of halogens is 1. The van der Waals surface area contributed by atoms with Gasteiger partial charge in [0.15, 0.2) is 0 Å². The normalized spacial score (nSPS) is 10.6. The van der Waals surface area contributed by atoms with E-state index in [1.54, 1.807) is 21.3 Å². The molecule has 3 aromatic rings. The van der Waals surface area contributed by atoms with Crippen molar-refractivity contribution in [3.63, 3.8) is 0 Å². The number of amides is 1. The maximum Gasteiger partial charge on any atom is 0.413 e. The Morgan fingerprint density at radius 2 is 1.94 bits per heavy atom. The third-order valence-electron chi connectivity index (χ3n) is 5.00. The van der Waals surface area contributed by atoms with E-state index in [-0.39, 0.29) is 0 Å². The van der Waals surface area contributed by atoms with E-state index in [0.717, 1.165) is 22.0 Å². The Kier molecular flexibility index (Phi) is 7.02. The van der Waals surface area contributed by atoms with Crippen LogP contribution < -0.4 is 19.7 Å². The number of nitrogens with one attached hydrogen (secondary N) is 1. The van der Waals surface area contributed by atoms with Gasteiger partial charge in [0.1, 0.15) is 23.6 Å². The molecule has 0 saturated carbocycles. The van der Waals surface area contributed by atoms with E-state index in [2.05, 4.69) is 15.3 Å². The van der Waals surface area contributed by atoms with Gasteiger partial charge in [-0.05, 0) is 30.2 Å². The van der Waals surface area contributed by atoms with Gasteiger partial charge in [0, 0.05) is 24.5 Å². The second-order valence-corrected chi connectivity index (χ2v) is 7.14. The van der Waals surface area contributed by atoms with Gasteiger partial charge in [-0.3, -0.25) is 4.90 Å². The average molecular weight is 445 g/mol. The highest BCUT2D eigenvalue weighted by Crippen LogP contribution is 2.39.